The molecule has 0 saturated carbocycles. The molecule has 2 aliphatic carbocycles. The first-order chi connectivity index (χ1) is 12.7. The van der Waals surface area contributed by atoms with E-state index in [1.165, 1.54) is 16.9 Å². The number of anilines is 1. The highest BCUT2D eigenvalue weighted by Gasteiger charge is 2.23. The topological polar surface area (TPSA) is 21.7 Å². The first-order valence-electron chi connectivity index (χ1n) is 9.60. The molecule has 0 bridgehead atoms. The smallest absolute Gasteiger partial charge is 0.115 e. The fourth-order valence-corrected chi connectivity index (χ4v) is 3.44. The van der Waals surface area contributed by atoms with Gasteiger partial charge in [0.05, 0.1) is 25.0 Å². The van der Waals surface area contributed by atoms with Crippen molar-refractivity contribution in [1.29, 1.82) is 0 Å². The van der Waals surface area contributed by atoms with Gasteiger partial charge in [-0.2, -0.15) is 0 Å². The van der Waals surface area contributed by atoms with E-state index in [-0.39, 0.29) is 0 Å². The minimum Gasteiger partial charge on any atom is -0.498 e. The van der Waals surface area contributed by atoms with Crippen molar-refractivity contribution in [2.45, 2.75) is 46.1 Å². The normalized spacial score (nSPS) is 19.3. The maximum absolute atomic E-state index is 5.68. The zero-order chi connectivity index (χ0) is 18.4. The van der Waals surface area contributed by atoms with Crippen LogP contribution in [0.15, 0.2) is 71.9 Å². The van der Waals surface area contributed by atoms with E-state index in [0.29, 0.717) is 12.6 Å². The van der Waals surface area contributed by atoms with Crippen molar-refractivity contribution in [1.82, 2.24) is 0 Å². The number of hydrogen-bond donors (Lipinski definition) is 0. The largest absolute Gasteiger partial charge is 0.498 e. The molecule has 0 saturated heterocycles. The van der Waals surface area contributed by atoms with E-state index in [9.17, 15) is 0 Å². The van der Waals surface area contributed by atoms with Gasteiger partial charge in [-0.05, 0) is 70.0 Å². The molecule has 0 aromatic heterocycles. The molecular weight excluding hydrogens is 322 g/mol. The standard InChI is InChI=1S/C23H29NO2/c1-4-25-22-14-10-20(11-15-22)24(19-8-6-18(3)7-9-19)21-12-16-23(17-13-21)26-5-2/h6-10,12,14-16,20H,4-5,11,13,17H2,1-3H3. The third-order valence-corrected chi connectivity index (χ3v) is 4.73. The van der Waals surface area contributed by atoms with Crippen molar-refractivity contribution in [2.24, 2.45) is 0 Å². The Bertz CT molecular complexity index is 725. The first-order valence-corrected chi connectivity index (χ1v) is 9.60. The summed E-state index contributed by atoms with van der Waals surface area (Å²) in [6, 6.07) is 9.10. The Morgan fingerprint density at radius 2 is 1.77 bits per heavy atom. The molecule has 1 atom stereocenters. The molecule has 1 aromatic carbocycles. The van der Waals surface area contributed by atoms with Gasteiger partial charge in [0, 0.05) is 17.8 Å². The highest BCUT2D eigenvalue weighted by molar-refractivity contribution is 5.57. The minimum absolute atomic E-state index is 0.301. The lowest BCUT2D eigenvalue weighted by molar-refractivity contribution is 0.217. The SMILES string of the molecule is CCOC1=CCC(N(C2=CC=C(OCC)CC2)c2ccc(C)cc2)C=C1. The van der Waals surface area contributed by atoms with Crippen LogP contribution < -0.4 is 4.90 Å². The molecule has 0 heterocycles. The van der Waals surface area contributed by atoms with Crippen LogP contribution >= 0.6 is 0 Å². The van der Waals surface area contributed by atoms with E-state index < -0.39 is 0 Å². The second-order valence-corrected chi connectivity index (χ2v) is 6.63. The summed E-state index contributed by atoms with van der Waals surface area (Å²) in [7, 11) is 0. The lowest BCUT2D eigenvalue weighted by atomic mass is 10.0. The van der Waals surface area contributed by atoms with Crippen LogP contribution in [-0.4, -0.2) is 19.3 Å². The molecule has 2 aliphatic rings. The Hall–Kier alpha value is -2.42. The molecule has 3 rings (SSSR count). The minimum atomic E-state index is 0.301. The summed E-state index contributed by atoms with van der Waals surface area (Å²) in [4.78, 5) is 2.45. The summed E-state index contributed by atoms with van der Waals surface area (Å²) in [5.74, 6) is 2.06. The number of ether oxygens (including phenoxy) is 2. The van der Waals surface area contributed by atoms with Crippen molar-refractivity contribution in [3.8, 4) is 0 Å². The van der Waals surface area contributed by atoms with Gasteiger partial charge >= 0.3 is 0 Å². The number of nitrogens with zero attached hydrogens (tertiary/aromatic N) is 1. The van der Waals surface area contributed by atoms with E-state index in [0.717, 1.165) is 37.4 Å². The summed E-state index contributed by atoms with van der Waals surface area (Å²) < 4.78 is 11.3. The van der Waals surface area contributed by atoms with Gasteiger partial charge in [0.1, 0.15) is 5.76 Å². The van der Waals surface area contributed by atoms with E-state index in [2.05, 4.69) is 66.5 Å². The van der Waals surface area contributed by atoms with Crippen molar-refractivity contribution in [2.75, 3.05) is 18.1 Å². The van der Waals surface area contributed by atoms with Crippen LogP contribution in [-0.2, 0) is 9.47 Å². The van der Waals surface area contributed by atoms with Crippen LogP contribution in [0.1, 0.15) is 38.7 Å². The quantitative estimate of drug-likeness (QED) is 0.634. The van der Waals surface area contributed by atoms with Crippen molar-refractivity contribution in [3.63, 3.8) is 0 Å². The maximum Gasteiger partial charge on any atom is 0.115 e. The number of aryl methyl sites for hydroxylation is 1. The molecule has 1 aromatic rings. The number of rotatable bonds is 7. The molecule has 0 spiro atoms. The molecule has 0 aliphatic heterocycles. The second kappa shape index (κ2) is 8.79. The fourth-order valence-electron chi connectivity index (χ4n) is 3.44. The zero-order valence-electron chi connectivity index (χ0n) is 16.1. The predicted molar refractivity (Wildman–Crippen MR) is 108 cm³/mol. The van der Waals surface area contributed by atoms with Crippen LogP contribution in [0, 0.1) is 6.92 Å². The fraction of sp³-hybridized carbons (Fsp3) is 0.391. The van der Waals surface area contributed by atoms with Crippen LogP contribution in [0.3, 0.4) is 0 Å². The van der Waals surface area contributed by atoms with Crippen LogP contribution in [0.25, 0.3) is 0 Å². The highest BCUT2D eigenvalue weighted by Crippen LogP contribution is 2.32. The molecule has 1 unspecified atom stereocenters. The van der Waals surface area contributed by atoms with Crippen molar-refractivity contribution < 1.29 is 9.47 Å². The van der Waals surface area contributed by atoms with Gasteiger partial charge in [-0.15, -0.1) is 0 Å². The van der Waals surface area contributed by atoms with E-state index in [4.69, 9.17) is 9.47 Å². The molecule has 0 fully saturated rings. The predicted octanol–water partition coefficient (Wildman–Crippen LogP) is 5.65. The van der Waals surface area contributed by atoms with Gasteiger partial charge in [0.25, 0.3) is 0 Å². The Morgan fingerprint density at radius 1 is 1.00 bits per heavy atom. The average Bonchev–Trinajstić information content (AvgIpc) is 2.67. The molecule has 0 N–H and O–H groups in total. The number of benzene rings is 1. The maximum atomic E-state index is 5.68. The molecule has 3 nitrogen and oxygen atoms in total. The van der Waals surface area contributed by atoms with Crippen molar-refractivity contribution in [3.05, 3.63) is 77.4 Å². The average molecular weight is 351 g/mol. The summed E-state index contributed by atoms with van der Waals surface area (Å²) in [5.41, 5.74) is 3.85. The number of hydrogen-bond acceptors (Lipinski definition) is 3. The van der Waals surface area contributed by atoms with E-state index in [1.807, 2.05) is 13.8 Å². The molecule has 3 heteroatoms. The van der Waals surface area contributed by atoms with Gasteiger partial charge < -0.3 is 14.4 Å². The highest BCUT2D eigenvalue weighted by atomic mass is 16.5. The zero-order valence-corrected chi connectivity index (χ0v) is 16.1. The Balaban J connectivity index is 1.87. The third-order valence-electron chi connectivity index (χ3n) is 4.73. The lowest BCUT2D eigenvalue weighted by Crippen LogP contribution is -2.34. The van der Waals surface area contributed by atoms with Gasteiger partial charge in [0.15, 0.2) is 0 Å². The number of allylic oxidation sites excluding steroid dienone is 5. The van der Waals surface area contributed by atoms with Crippen LogP contribution in [0.2, 0.25) is 0 Å². The summed E-state index contributed by atoms with van der Waals surface area (Å²) >= 11 is 0. The third kappa shape index (κ3) is 4.40. The van der Waals surface area contributed by atoms with Gasteiger partial charge in [-0.1, -0.05) is 23.8 Å². The molecule has 0 amide bonds. The van der Waals surface area contributed by atoms with Crippen molar-refractivity contribution >= 4 is 5.69 Å². The summed E-state index contributed by atoms with van der Waals surface area (Å²) in [5, 5.41) is 0. The molecular formula is C23H29NO2. The molecule has 26 heavy (non-hydrogen) atoms. The van der Waals surface area contributed by atoms with E-state index in [1.54, 1.807) is 0 Å². The van der Waals surface area contributed by atoms with E-state index >= 15 is 0 Å². The van der Waals surface area contributed by atoms with Crippen LogP contribution in [0.4, 0.5) is 5.69 Å². The van der Waals surface area contributed by atoms with Crippen LogP contribution in [0.5, 0.6) is 0 Å². The van der Waals surface area contributed by atoms with Gasteiger partial charge in [-0.3, -0.25) is 0 Å². The lowest BCUT2D eigenvalue weighted by Gasteiger charge is -2.36. The first kappa shape index (κ1) is 18.4. The second-order valence-electron chi connectivity index (χ2n) is 6.63. The Labute approximate surface area is 157 Å². The summed E-state index contributed by atoms with van der Waals surface area (Å²) in [6.07, 6.45) is 13.8. The van der Waals surface area contributed by atoms with Gasteiger partial charge in [0.2, 0.25) is 0 Å². The Kier molecular flexibility index (Phi) is 6.21. The molecule has 138 valence electrons. The monoisotopic (exact) mass is 351 g/mol. The molecule has 0 radical (unpaired) electrons. The summed E-state index contributed by atoms with van der Waals surface area (Å²) in [6.45, 7) is 7.62. The Morgan fingerprint density at radius 3 is 2.35 bits per heavy atom. The van der Waals surface area contributed by atoms with Gasteiger partial charge in [-0.25, -0.2) is 0 Å².